The zero-order valence-corrected chi connectivity index (χ0v) is 30.7. The van der Waals surface area contributed by atoms with Crippen molar-refractivity contribution >= 4 is 36.0 Å². The first-order chi connectivity index (χ1) is 26.4. The van der Waals surface area contributed by atoms with Gasteiger partial charge in [0.1, 0.15) is 18.1 Å². The Labute approximate surface area is 318 Å². The van der Waals surface area contributed by atoms with Crippen molar-refractivity contribution in [2.24, 2.45) is 0 Å². The molecule has 0 heterocycles. The predicted molar refractivity (Wildman–Crippen MR) is 207 cm³/mol. The lowest BCUT2D eigenvalue weighted by atomic mass is 10.1. The van der Waals surface area contributed by atoms with Crippen molar-refractivity contribution < 1.29 is 47.6 Å². The molecule has 3 aromatic rings. The van der Waals surface area contributed by atoms with E-state index in [2.05, 4.69) is 13.2 Å². The maximum absolute atomic E-state index is 12.8. The van der Waals surface area contributed by atoms with Gasteiger partial charge in [0, 0.05) is 24.3 Å². The molecule has 0 aromatic heterocycles. The summed E-state index contributed by atoms with van der Waals surface area (Å²) >= 11 is 0. The first-order valence-corrected chi connectivity index (χ1v) is 18.2. The zero-order chi connectivity index (χ0) is 38.6. The molecule has 286 valence electrons. The molecular weight excluding hydrogens is 688 g/mol. The molecule has 0 saturated carbocycles. The summed E-state index contributed by atoms with van der Waals surface area (Å²) in [6.07, 6.45) is 14.6. The van der Waals surface area contributed by atoms with Gasteiger partial charge < -0.3 is 28.4 Å². The van der Waals surface area contributed by atoms with Crippen LogP contribution in [-0.2, 0) is 38.1 Å². The number of carbonyl (C=O) groups is 4. The molecule has 0 aliphatic heterocycles. The fourth-order valence-electron chi connectivity index (χ4n) is 4.89. The Kier molecular flexibility index (Phi) is 20.4. The SMILES string of the molecule is C=CC(=O)OCCCCCCOc1ccc(C=CC(=O)OC[C@H](OC(=O)C=Cc2ccc(OCCCCCCOC(=O)C=C)cc2)c2ccccc2)cc1. The summed E-state index contributed by atoms with van der Waals surface area (Å²) in [7, 11) is 0. The minimum absolute atomic E-state index is 0.158. The normalized spacial score (nSPS) is 11.4. The van der Waals surface area contributed by atoms with E-state index in [0.29, 0.717) is 32.0 Å². The highest BCUT2D eigenvalue weighted by Crippen LogP contribution is 2.20. The van der Waals surface area contributed by atoms with Crippen molar-refractivity contribution in [3.8, 4) is 11.5 Å². The molecule has 0 spiro atoms. The molecule has 0 radical (unpaired) electrons. The fourth-order valence-corrected chi connectivity index (χ4v) is 4.89. The van der Waals surface area contributed by atoms with Crippen molar-refractivity contribution in [2.45, 2.75) is 57.5 Å². The Balaban J connectivity index is 1.37. The number of rotatable bonds is 26. The number of benzene rings is 3. The van der Waals surface area contributed by atoms with Gasteiger partial charge in [0.15, 0.2) is 6.10 Å². The highest BCUT2D eigenvalue weighted by Gasteiger charge is 2.17. The van der Waals surface area contributed by atoms with Crippen LogP contribution >= 0.6 is 0 Å². The van der Waals surface area contributed by atoms with E-state index in [1.165, 1.54) is 12.2 Å². The quantitative estimate of drug-likeness (QED) is 0.0342. The Hall–Kier alpha value is -5.90. The molecule has 0 N–H and O–H groups in total. The van der Waals surface area contributed by atoms with Crippen molar-refractivity contribution in [3.63, 3.8) is 0 Å². The third kappa shape index (κ3) is 18.5. The number of carbonyl (C=O) groups excluding carboxylic acids is 4. The molecular formula is C44H50O10. The lowest BCUT2D eigenvalue weighted by molar-refractivity contribution is -0.153. The summed E-state index contributed by atoms with van der Waals surface area (Å²) in [5.74, 6) is -0.503. The first-order valence-electron chi connectivity index (χ1n) is 18.2. The second kappa shape index (κ2) is 26.0. The van der Waals surface area contributed by atoms with Crippen LogP contribution in [0.15, 0.2) is 116 Å². The van der Waals surface area contributed by atoms with Crippen LogP contribution in [0.1, 0.15) is 74.2 Å². The van der Waals surface area contributed by atoms with E-state index >= 15 is 0 Å². The van der Waals surface area contributed by atoms with E-state index < -0.39 is 30.0 Å². The van der Waals surface area contributed by atoms with E-state index in [-0.39, 0.29) is 6.61 Å². The van der Waals surface area contributed by atoms with E-state index in [9.17, 15) is 19.2 Å². The molecule has 54 heavy (non-hydrogen) atoms. The number of unbranched alkanes of at least 4 members (excludes halogenated alkanes) is 6. The average molecular weight is 739 g/mol. The van der Waals surface area contributed by atoms with Gasteiger partial charge in [-0.15, -0.1) is 0 Å². The Morgan fingerprint density at radius 3 is 1.41 bits per heavy atom. The Morgan fingerprint density at radius 2 is 0.944 bits per heavy atom. The summed E-state index contributed by atoms with van der Waals surface area (Å²) in [6, 6.07) is 23.8. The van der Waals surface area contributed by atoms with E-state index in [1.54, 1.807) is 24.3 Å². The maximum Gasteiger partial charge on any atom is 0.331 e. The van der Waals surface area contributed by atoms with Gasteiger partial charge >= 0.3 is 23.9 Å². The second-order valence-electron chi connectivity index (χ2n) is 12.0. The van der Waals surface area contributed by atoms with Crippen LogP contribution in [0.25, 0.3) is 12.2 Å². The minimum atomic E-state index is -0.801. The van der Waals surface area contributed by atoms with Crippen LogP contribution < -0.4 is 9.47 Å². The lowest BCUT2D eigenvalue weighted by Crippen LogP contribution is -2.17. The van der Waals surface area contributed by atoms with Crippen molar-refractivity contribution in [1.82, 2.24) is 0 Å². The van der Waals surface area contributed by atoms with Gasteiger partial charge in [-0.25, -0.2) is 19.2 Å². The molecule has 10 nitrogen and oxygen atoms in total. The first kappa shape index (κ1) is 42.5. The fraction of sp³-hybridized carbons (Fsp3) is 0.318. The summed E-state index contributed by atoms with van der Waals surface area (Å²) in [5, 5.41) is 0. The van der Waals surface area contributed by atoms with Crippen molar-refractivity contribution in [1.29, 1.82) is 0 Å². The zero-order valence-electron chi connectivity index (χ0n) is 30.7. The summed E-state index contributed by atoms with van der Waals surface area (Å²) in [5.41, 5.74) is 2.28. The lowest BCUT2D eigenvalue weighted by Gasteiger charge is -2.17. The molecule has 3 rings (SSSR count). The van der Waals surface area contributed by atoms with Gasteiger partial charge in [-0.1, -0.05) is 67.8 Å². The number of ether oxygens (including phenoxy) is 6. The molecule has 0 aliphatic rings. The van der Waals surface area contributed by atoms with Gasteiger partial charge in [-0.05, 0) is 104 Å². The molecule has 0 aliphatic carbocycles. The Morgan fingerprint density at radius 1 is 0.500 bits per heavy atom. The second-order valence-corrected chi connectivity index (χ2v) is 12.0. The standard InChI is InChI=1S/C44H50O10/c1-3-41(45)51-32-14-7-5-12-30-49-38-24-18-35(19-25-38)22-28-43(47)53-34-40(37-16-10-9-11-17-37)54-44(48)29-23-36-20-26-39(27-21-36)50-31-13-6-8-15-33-52-42(46)4-2/h3-4,9-11,16-29,40H,1-2,5-8,12-15,30-34H2/t40-/m0/s1. The van der Waals surface area contributed by atoms with Crippen molar-refractivity contribution in [2.75, 3.05) is 33.0 Å². The molecule has 0 fully saturated rings. The highest BCUT2D eigenvalue weighted by molar-refractivity contribution is 5.88. The molecule has 0 saturated heterocycles. The van der Waals surface area contributed by atoms with Crippen LogP contribution in [0.4, 0.5) is 0 Å². The largest absolute Gasteiger partial charge is 0.494 e. The molecule has 0 bridgehead atoms. The number of hydrogen-bond donors (Lipinski definition) is 0. The third-order valence-corrected chi connectivity index (χ3v) is 7.83. The van der Waals surface area contributed by atoms with E-state index in [0.717, 1.165) is 86.1 Å². The van der Waals surface area contributed by atoms with Crippen LogP contribution in [0.2, 0.25) is 0 Å². The van der Waals surface area contributed by atoms with E-state index in [1.807, 2.05) is 66.7 Å². The van der Waals surface area contributed by atoms with Gasteiger partial charge in [-0.2, -0.15) is 0 Å². The van der Waals surface area contributed by atoms with E-state index in [4.69, 9.17) is 28.4 Å². The topological polar surface area (TPSA) is 124 Å². The van der Waals surface area contributed by atoms with Crippen LogP contribution in [0.3, 0.4) is 0 Å². The molecule has 3 aromatic carbocycles. The highest BCUT2D eigenvalue weighted by atomic mass is 16.6. The summed E-state index contributed by atoms with van der Waals surface area (Å²) < 4.78 is 32.7. The maximum atomic E-state index is 12.8. The number of esters is 4. The van der Waals surface area contributed by atoms with Gasteiger partial charge in [-0.3, -0.25) is 0 Å². The van der Waals surface area contributed by atoms with Crippen molar-refractivity contribution in [3.05, 3.63) is 133 Å². The van der Waals surface area contributed by atoms with Gasteiger partial charge in [0.05, 0.1) is 26.4 Å². The van der Waals surface area contributed by atoms with Gasteiger partial charge in [0.2, 0.25) is 0 Å². The van der Waals surface area contributed by atoms with Crippen LogP contribution in [-0.4, -0.2) is 56.9 Å². The molecule has 0 amide bonds. The Bertz CT molecular complexity index is 1640. The minimum Gasteiger partial charge on any atom is -0.494 e. The molecule has 10 heteroatoms. The smallest absolute Gasteiger partial charge is 0.331 e. The van der Waals surface area contributed by atoms with Crippen LogP contribution in [0.5, 0.6) is 11.5 Å². The third-order valence-electron chi connectivity index (χ3n) is 7.83. The number of hydrogen-bond acceptors (Lipinski definition) is 10. The summed E-state index contributed by atoms with van der Waals surface area (Å²) in [4.78, 5) is 47.4. The monoisotopic (exact) mass is 738 g/mol. The van der Waals surface area contributed by atoms with Crippen LogP contribution in [0, 0.1) is 0 Å². The summed E-state index contributed by atoms with van der Waals surface area (Å²) in [6.45, 7) is 8.51. The average Bonchev–Trinajstić information content (AvgIpc) is 3.20. The van der Waals surface area contributed by atoms with Gasteiger partial charge in [0.25, 0.3) is 0 Å². The molecule has 1 atom stereocenters. The molecule has 0 unspecified atom stereocenters. The predicted octanol–water partition coefficient (Wildman–Crippen LogP) is 8.58.